The second kappa shape index (κ2) is 5.75. The molecule has 0 bridgehead atoms. The van der Waals surface area contributed by atoms with E-state index in [4.69, 9.17) is 0 Å². The predicted molar refractivity (Wildman–Crippen MR) is 70.5 cm³/mol. The van der Waals surface area contributed by atoms with Crippen molar-refractivity contribution in [3.63, 3.8) is 0 Å². The smallest absolute Gasteiger partial charge is 0.255 e. The van der Waals surface area contributed by atoms with Gasteiger partial charge in [-0.05, 0) is 23.6 Å². The van der Waals surface area contributed by atoms with Gasteiger partial charge < -0.3 is 10.0 Å². The van der Waals surface area contributed by atoms with Gasteiger partial charge in [-0.2, -0.15) is 0 Å². The molecule has 94 valence electrons. The van der Waals surface area contributed by atoms with Crippen molar-refractivity contribution in [2.24, 2.45) is 0 Å². The molecule has 0 aliphatic rings. The van der Waals surface area contributed by atoms with Crippen LogP contribution in [0.4, 0.5) is 0 Å². The molecule has 0 fully saturated rings. The number of nitrogens with zero attached hydrogens (tertiary/aromatic N) is 2. The molecule has 2 rings (SSSR count). The minimum Gasteiger partial charge on any atom is -0.386 e. The maximum Gasteiger partial charge on any atom is 0.255 e. The number of likely N-dealkylation sites (N-methyl/N-ethyl adjacent to an activating group) is 1. The number of thiophene rings is 1. The van der Waals surface area contributed by atoms with Gasteiger partial charge in [-0.3, -0.25) is 9.78 Å². The average Bonchev–Trinajstić information content (AvgIpc) is 2.92. The summed E-state index contributed by atoms with van der Waals surface area (Å²) in [5.41, 5.74) is 0.526. The fourth-order valence-electron chi connectivity index (χ4n) is 1.62. The molecule has 0 saturated heterocycles. The highest BCUT2D eigenvalue weighted by Crippen LogP contribution is 2.19. The number of aromatic nitrogens is 1. The van der Waals surface area contributed by atoms with Crippen LogP contribution < -0.4 is 0 Å². The van der Waals surface area contributed by atoms with Gasteiger partial charge in [-0.15, -0.1) is 11.3 Å². The summed E-state index contributed by atoms with van der Waals surface area (Å²) in [6.45, 7) is 0.272. The van der Waals surface area contributed by atoms with Crippen molar-refractivity contribution in [1.29, 1.82) is 0 Å². The van der Waals surface area contributed by atoms with Crippen LogP contribution in [0.25, 0.3) is 0 Å². The molecule has 4 nitrogen and oxygen atoms in total. The van der Waals surface area contributed by atoms with Crippen molar-refractivity contribution < 1.29 is 9.90 Å². The Morgan fingerprint density at radius 1 is 1.50 bits per heavy atom. The fourth-order valence-corrected chi connectivity index (χ4v) is 2.33. The zero-order chi connectivity index (χ0) is 13.0. The molecule has 0 saturated carbocycles. The molecule has 2 aromatic rings. The van der Waals surface area contributed by atoms with Crippen LogP contribution >= 0.6 is 11.3 Å². The van der Waals surface area contributed by atoms with Crippen molar-refractivity contribution >= 4 is 17.2 Å². The molecule has 0 aliphatic heterocycles. The van der Waals surface area contributed by atoms with E-state index < -0.39 is 6.10 Å². The average molecular weight is 262 g/mol. The number of hydrogen-bond acceptors (Lipinski definition) is 4. The van der Waals surface area contributed by atoms with E-state index in [0.717, 1.165) is 4.88 Å². The van der Waals surface area contributed by atoms with Crippen LogP contribution in [-0.2, 0) is 0 Å². The quantitative estimate of drug-likeness (QED) is 0.916. The Morgan fingerprint density at radius 2 is 2.33 bits per heavy atom. The van der Waals surface area contributed by atoms with E-state index in [2.05, 4.69) is 4.98 Å². The molecular weight excluding hydrogens is 248 g/mol. The Labute approximate surface area is 110 Å². The van der Waals surface area contributed by atoms with E-state index in [9.17, 15) is 9.90 Å². The summed E-state index contributed by atoms with van der Waals surface area (Å²) in [5.74, 6) is -0.140. The Hall–Kier alpha value is -1.72. The van der Waals surface area contributed by atoms with Crippen molar-refractivity contribution in [1.82, 2.24) is 9.88 Å². The van der Waals surface area contributed by atoms with Crippen LogP contribution in [0.1, 0.15) is 21.3 Å². The number of hydrogen-bond donors (Lipinski definition) is 1. The van der Waals surface area contributed by atoms with Crippen molar-refractivity contribution in [2.75, 3.05) is 13.6 Å². The molecule has 0 radical (unpaired) electrons. The van der Waals surface area contributed by atoms with Crippen molar-refractivity contribution in [3.8, 4) is 0 Å². The van der Waals surface area contributed by atoms with Gasteiger partial charge in [0.15, 0.2) is 0 Å². The Morgan fingerprint density at radius 3 is 2.94 bits per heavy atom. The van der Waals surface area contributed by atoms with E-state index in [1.807, 2.05) is 17.5 Å². The highest BCUT2D eigenvalue weighted by atomic mass is 32.1. The Kier molecular flexibility index (Phi) is 4.07. The largest absolute Gasteiger partial charge is 0.386 e. The first-order valence-electron chi connectivity index (χ1n) is 5.55. The number of rotatable bonds is 4. The topological polar surface area (TPSA) is 53.4 Å². The monoisotopic (exact) mass is 262 g/mol. The number of aliphatic hydroxyl groups is 1. The molecule has 0 spiro atoms. The van der Waals surface area contributed by atoms with Crippen LogP contribution in [0.3, 0.4) is 0 Å². The third-order valence-electron chi connectivity index (χ3n) is 2.57. The van der Waals surface area contributed by atoms with Crippen LogP contribution in [0.15, 0.2) is 42.0 Å². The molecule has 18 heavy (non-hydrogen) atoms. The lowest BCUT2D eigenvalue weighted by atomic mass is 10.2. The van der Waals surface area contributed by atoms with Crippen molar-refractivity contribution in [2.45, 2.75) is 6.10 Å². The fraction of sp³-hybridized carbons (Fsp3) is 0.231. The molecule has 1 amide bonds. The second-order valence-electron chi connectivity index (χ2n) is 3.96. The van der Waals surface area contributed by atoms with E-state index >= 15 is 0 Å². The van der Waals surface area contributed by atoms with Gasteiger partial charge in [0.25, 0.3) is 5.91 Å². The summed E-state index contributed by atoms with van der Waals surface area (Å²) in [6, 6.07) is 7.17. The lowest BCUT2D eigenvalue weighted by molar-refractivity contribution is 0.0685. The number of carbonyl (C=O) groups excluding carboxylic acids is 1. The molecule has 1 unspecified atom stereocenters. The maximum absolute atomic E-state index is 12.0. The summed E-state index contributed by atoms with van der Waals surface area (Å²) < 4.78 is 0. The number of carbonyl (C=O) groups is 1. The van der Waals surface area contributed by atoms with Gasteiger partial charge in [0.2, 0.25) is 0 Å². The highest BCUT2D eigenvalue weighted by molar-refractivity contribution is 7.10. The highest BCUT2D eigenvalue weighted by Gasteiger charge is 2.17. The summed E-state index contributed by atoms with van der Waals surface area (Å²) in [5, 5.41) is 11.9. The van der Waals surface area contributed by atoms with Crippen LogP contribution in [0.2, 0.25) is 0 Å². The summed E-state index contributed by atoms with van der Waals surface area (Å²) in [7, 11) is 1.67. The zero-order valence-electron chi connectivity index (χ0n) is 9.98. The van der Waals surface area contributed by atoms with Crippen LogP contribution in [-0.4, -0.2) is 34.5 Å². The van der Waals surface area contributed by atoms with Crippen LogP contribution in [0, 0.1) is 0 Å². The second-order valence-corrected chi connectivity index (χ2v) is 4.94. The van der Waals surface area contributed by atoms with Crippen LogP contribution in [0.5, 0.6) is 0 Å². The minimum absolute atomic E-state index is 0.140. The normalized spacial score (nSPS) is 12.1. The standard InChI is InChI=1S/C13H14N2O2S/c1-15(9-11(16)12-5-3-7-18-12)13(17)10-4-2-6-14-8-10/h2-8,11,16H,9H2,1H3. The van der Waals surface area contributed by atoms with E-state index in [0.29, 0.717) is 5.56 Å². The maximum atomic E-state index is 12.0. The molecule has 2 aromatic heterocycles. The molecule has 1 N–H and O–H groups in total. The number of pyridine rings is 1. The Balaban J connectivity index is 2.00. The molecule has 2 heterocycles. The third kappa shape index (κ3) is 2.94. The molecule has 5 heteroatoms. The van der Waals surface area contributed by atoms with Gasteiger partial charge >= 0.3 is 0 Å². The van der Waals surface area contributed by atoms with Crippen molar-refractivity contribution in [3.05, 3.63) is 52.5 Å². The first kappa shape index (κ1) is 12.7. The first-order chi connectivity index (χ1) is 8.68. The molecule has 1 atom stereocenters. The number of amides is 1. The summed E-state index contributed by atoms with van der Waals surface area (Å²) >= 11 is 1.48. The van der Waals surface area contributed by atoms with E-state index in [1.54, 1.807) is 25.4 Å². The lowest BCUT2D eigenvalue weighted by Gasteiger charge is -2.20. The minimum atomic E-state index is -0.643. The molecular formula is C13H14N2O2S. The third-order valence-corrected chi connectivity index (χ3v) is 3.55. The van der Waals surface area contributed by atoms with E-state index in [1.165, 1.54) is 22.4 Å². The van der Waals surface area contributed by atoms with E-state index in [-0.39, 0.29) is 12.5 Å². The Bertz CT molecular complexity index is 499. The number of aliphatic hydroxyl groups excluding tert-OH is 1. The summed E-state index contributed by atoms with van der Waals surface area (Å²) in [4.78, 5) is 18.3. The zero-order valence-corrected chi connectivity index (χ0v) is 10.8. The lowest BCUT2D eigenvalue weighted by Crippen LogP contribution is -2.30. The van der Waals surface area contributed by atoms with Gasteiger partial charge in [0, 0.05) is 24.3 Å². The van der Waals surface area contributed by atoms with Gasteiger partial charge in [-0.1, -0.05) is 6.07 Å². The van der Waals surface area contributed by atoms with Gasteiger partial charge in [-0.25, -0.2) is 0 Å². The predicted octanol–water partition coefficient (Wildman–Crippen LogP) is 1.95. The first-order valence-corrected chi connectivity index (χ1v) is 6.43. The molecule has 0 aromatic carbocycles. The van der Waals surface area contributed by atoms with Gasteiger partial charge in [0.1, 0.15) is 6.10 Å². The van der Waals surface area contributed by atoms with Gasteiger partial charge in [0.05, 0.1) is 12.1 Å². The SMILES string of the molecule is CN(CC(O)c1cccs1)C(=O)c1cccnc1. The molecule has 0 aliphatic carbocycles. The summed E-state index contributed by atoms with van der Waals surface area (Å²) in [6.07, 6.45) is 2.50.